The molecule has 1 heterocycles. The Morgan fingerprint density at radius 3 is 2.47 bits per heavy atom. The average molecular weight is 211 g/mol. The minimum absolute atomic E-state index is 0.0184. The van der Waals surface area contributed by atoms with Gasteiger partial charge in [0.25, 0.3) is 0 Å². The van der Waals surface area contributed by atoms with E-state index >= 15 is 0 Å². The average Bonchev–Trinajstić information content (AvgIpc) is 2.65. The van der Waals surface area contributed by atoms with Crippen molar-refractivity contribution in [1.82, 2.24) is 4.90 Å². The molecular weight excluding hydrogens is 190 g/mol. The summed E-state index contributed by atoms with van der Waals surface area (Å²) in [5.74, 6) is 1.58. The first kappa shape index (κ1) is 12.3. The Morgan fingerprint density at radius 2 is 2.00 bits per heavy atom. The van der Waals surface area contributed by atoms with E-state index in [1.165, 1.54) is 0 Å². The lowest BCUT2D eigenvalue weighted by atomic mass is 10.2. The van der Waals surface area contributed by atoms with Crippen LogP contribution in [0, 0.1) is 0 Å². The van der Waals surface area contributed by atoms with Crippen molar-refractivity contribution in [2.45, 2.75) is 46.4 Å². The fraction of sp³-hybridized carbons (Fsp3) is 0.667. The summed E-state index contributed by atoms with van der Waals surface area (Å²) < 4.78 is 5.47. The topological polar surface area (TPSA) is 36.6 Å². The molecule has 15 heavy (non-hydrogen) atoms. The van der Waals surface area contributed by atoms with Crippen molar-refractivity contribution in [3.05, 3.63) is 23.7 Å². The SMILES string of the molecule is CCCN(Cc1ccc(CO)o1)C(C)C. The van der Waals surface area contributed by atoms with Gasteiger partial charge in [0, 0.05) is 6.04 Å². The van der Waals surface area contributed by atoms with E-state index in [2.05, 4.69) is 25.7 Å². The predicted octanol–water partition coefficient (Wildman–Crippen LogP) is 2.39. The number of aliphatic hydroxyl groups excluding tert-OH is 1. The van der Waals surface area contributed by atoms with Crippen molar-refractivity contribution in [2.24, 2.45) is 0 Å². The molecule has 0 fully saturated rings. The van der Waals surface area contributed by atoms with Crippen molar-refractivity contribution < 1.29 is 9.52 Å². The molecule has 0 atom stereocenters. The van der Waals surface area contributed by atoms with Crippen LogP contribution in [0.1, 0.15) is 38.7 Å². The van der Waals surface area contributed by atoms with Gasteiger partial charge in [-0.2, -0.15) is 0 Å². The summed E-state index contributed by atoms with van der Waals surface area (Å²) in [4.78, 5) is 2.36. The van der Waals surface area contributed by atoms with E-state index < -0.39 is 0 Å². The van der Waals surface area contributed by atoms with Crippen LogP contribution in [0.15, 0.2) is 16.5 Å². The van der Waals surface area contributed by atoms with Crippen LogP contribution < -0.4 is 0 Å². The molecule has 0 bridgehead atoms. The molecule has 0 saturated heterocycles. The van der Waals surface area contributed by atoms with Crippen LogP contribution in [0.5, 0.6) is 0 Å². The second-order valence-electron chi connectivity index (χ2n) is 4.09. The third-order valence-electron chi connectivity index (χ3n) is 2.47. The number of nitrogens with zero attached hydrogens (tertiary/aromatic N) is 1. The molecule has 0 aliphatic carbocycles. The van der Waals surface area contributed by atoms with Gasteiger partial charge in [0.2, 0.25) is 0 Å². The first-order valence-corrected chi connectivity index (χ1v) is 5.59. The van der Waals surface area contributed by atoms with E-state index in [-0.39, 0.29) is 6.61 Å². The third-order valence-corrected chi connectivity index (χ3v) is 2.47. The van der Waals surface area contributed by atoms with Crippen LogP contribution in [0.2, 0.25) is 0 Å². The molecule has 0 amide bonds. The number of hydrogen-bond acceptors (Lipinski definition) is 3. The molecule has 0 saturated carbocycles. The fourth-order valence-corrected chi connectivity index (χ4v) is 1.60. The van der Waals surface area contributed by atoms with E-state index in [9.17, 15) is 0 Å². The van der Waals surface area contributed by atoms with Crippen LogP contribution in [0.4, 0.5) is 0 Å². The lowest BCUT2D eigenvalue weighted by molar-refractivity contribution is 0.188. The summed E-state index contributed by atoms with van der Waals surface area (Å²) >= 11 is 0. The molecule has 0 aromatic carbocycles. The van der Waals surface area contributed by atoms with Crippen molar-refractivity contribution >= 4 is 0 Å². The summed E-state index contributed by atoms with van der Waals surface area (Å²) in [6, 6.07) is 4.30. The van der Waals surface area contributed by atoms with E-state index in [0.29, 0.717) is 11.8 Å². The lowest BCUT2D eigenvalue weighted by Gasteiger charge is -2.24. The van der Waals surface area contributed by atoms with Gasteiger partial charge < -0.3 is 9.52 Å². The molecule has 86 valence electrons. The van der Waals surface area contributed by atoms with Crippen molar-refractivity contribution in [2.75, 3.05) is 6.54 Å². The standard InChI is InChI=1S/C12H21NO2/c1-4-7-13(10(2)3)8-11-5-6-12(9-14)15-11/h5-6,10,14H,4,7-9H2,1-3H3. The van der Waals surface area contributed by atoms with Gasteiger partial charge in [-0.1, -0.05) is 6.92 Å². The zero-order chi connectivity index (χ0) is 11.3. The Balaban J connectivity index is 2.57. The summed E-state index contributed by atoms with van der Waals surface area (Å²) in [5.41, 5.74) is 0. The Hall–Kier alpha value is -0.800. The highest BCUT2D eigenvalue weighted by molar-refractivity contribution is 5.06. The highest BCUT2D eigenvalue weighted by Crippen LogP contribution is 2.12. The molecule has 1 rings (SSSR count). The molecule has 0 aliphatic rings. The Morgan fingerprint density at radius 1 is 1.33 bits per heavy atom. The van der Waals surface area contributed by atoms with E-state index in [1.54, 1.807) is 0 Å². The molecule has 0 spiro atoms. The van der Waals surface area contributed by atoms with E-state index in [0.717, 1.165) is 25.3 Å². The molecular formula is C12H21NO2. The summed E-state index contributed by atoms with van der Waals surface area (Å²) in [6.45, 7) is 8.43. The van der Waals surface area contributed by atoms with Gasteiger partial charge in [0.05, 0.1) is 6.54 Å². The first-order chi connectivity index (χ1) is 7.17. The Labute approximate surface area is 91.7 Å². The second kappa shape index (κ2) is 5.93. The van der Waals surface area contributed by atoms with Crippen LogP contribution in [-0.4, -0.2) is 22.6 Å². The Bertz CT molecular complexity index is 281. The quantitative estimate of drug-likeness (QED) is 0.785. The molecule has 1 aromatic heterocycles. The summed E-state index contributed by atoms with van der Waals surface area (Å²) in [5, 5.41) is 8.89. The maximum Gasteiger partial charge on any atom is 0.129 e. The molecule has 1 N–H and O–H groups in total. The molecule has 0 aliphatic heterocycles. The van der Waals surface area contributed by atoms with Crippen molar-refractivity contribution in [1.29, 1.82) is 0 Å². The molecule has 0 unspecified atom stereocenters. The van der Waals surface area contributed by atoms with Gasteiger partial charge in [-0.15, -0.1) is 0 Å². The number of aliphatic hydroxyl groups is 1. The second-order valence-corrected chi connectivity index (χ2v) is 4.09. The Kier molecular flexibility index (Phi) is 4.85. The van der Waals surface area contributed by atoms with Gasteiger partial charge in [-0.3, -0.25) is 4.90 Å². The highest BCUT2D eigenvalue weighted by atomic mass is 16.4. The minimum atomic E-state index is -0.0184. The van der Waals surface area contributed by atoms with Gasteiger partial charge in [-0.25, -0.2) is 0 Å². The van der Waals surface area contributed by atoms with Gasteiger partial charge >= 0.3 is 0 Å². The highest BCUT2D eigenvalue weighted by Gasteiger charge is 2.11. The van der Waals surface area contributed by atoms with Crippen LogP contribution in [0.25, 0.3) is 0 Å². The van der Waals surface area contributed by atoms with Crippen molar-refractivity contribution in [3.8, 4) is 0 Å². The van der Waals surface area contributed by atoms with Crippen molar-refractivity contribution in [3.63, 3.8) is 0 Å². The van der Waals surface area contributed by atoms with E-state index in [4.69, 9.17) is 9.52 Å². The number of furan rings is 1. The largest absolute Gasteiger partial charge is 0.462 e. The normalized spacial score (nSPS) is 11.6. The molecule has 3 heteroatoms. The maximum absolute atomic E-state index is 8.89. The first-order valence-electron chi connectivity index (χ1n) is 5.59. The minimum Gasteiger partial charge on any atom is -0.462 e. The molecule has 0 radical (unpaired) electrons. The van der Waals surface area contributed by atoms with Crippen LogP contribution in [-0.2, 0) is 13.2 Å². The fourth-order valence-electron chi connectivity index (χ4n) is 1.60. The third kappa shape index (κ3) is 3.68. The number of hydrogen-bond donors (Lipinski definition) is 1. The van der Waals surface area contributed by atoms with Gasteiger partial charge in [-0.05, 0) is 38.9 Å². The summed E-state index contributed by atoms with van der Waals surface area (Å²) in [7, 11) is 0. The van der Waals surface area contributed by atoms with Crippen LogP contribution in [0.3, 0.4) is 0 Å². The maximum atomic E-state index is 8.89. The number of rotatable bonds is 6. The van der Waals surface area contributed by atoms with Crippen LogP contribution >= 0.6 is 0 Å². The zero-order valence-electron chi connectivity index (χ0n) is 9.86. The molecule has 1 aromatic rings. The monoisotopic (exact) mass is 211 g/mol. The predicted molar refractivity (Wildman–Crippen MR) is 60.5 cm³/mol. The molecule has 3 nitrogen and oxygen atoms in total. The lowest BCUT2D eigenvalue weighted by Crippen LogP contribution is -2.30. The van der Waals surface area contributed by atoms with Gasteiger partial charge in [0.15, 0.2) is 0 Å². The van der Waals surface area contributed by atoms with E-state index in [1.807, 2.05) is 12.1 Å². The smallest absolute Gasteiger partial charge is 0.129 e. The summed E-state index contributed by atoms with van der Waals surface area (Å²) in [6.07, 6.45) is 1.14. The zero-order valence-corrected chi connectivity index (χ0v) is 9.86. The van der Waals surface area contributed by atoms with Gasteiger partial charge in [0.1, 0.15) is 18.1 Å².